The molecule has 2 heterocycles. The van der Waals surface area contributed by atoms with E-state index in [9.17, 15) is 15.0 Å². The molecule has 0 saturated carbocycles. The molecule has 0 aliphatic carbocycles. The van der Waals surface area contributed by atoms with Gasteiger partial charge in [0.1, 0.15) is 5.82 Å². The number of carbonyl (C=O) groups is 1. The molecule has 27 heavy (non-hydrogen) atoms. The highest BCUT2D eigenvalue weighted by Gasteiger charge is 2.43. The lowest BCUT2D eigenvalue weighted by molar-refractivity contribution is 0.131. The van der Waals surface area contributed by atoms with Crippen molar-refractivity contribution in [1.82, 2.24) is 14.9 Å². The number of likely N-dealkylation sites (tertiary alicyclic amines) is 1. The van der Waals surface area contributed by atoms with E-state index in [1.807, 2.05) is 44.2 Å². The fraction of sp³-hybridized carbons (Fsp3) is 0.450. The molecule has 3 atom stereocenters. The first-order valence-corrected chi connectivity index (χ1v) is 9.36. The quantitative estimate of drug-likeness (QED) is 0.722. The molecule has 1 aliphatic rings. The minimum Gasteiger partial charge on any atom is -0.465 e. The predicted molar refractivity (Wildman–Crippen MR) is 103 cm³/mol. The fourth-order valence-corrected chi connectivity index (χ4v) is 3.56. The molecule has 1 amide bonds. The molecule has 1 saturated heterocycles. The van der Waals surface area contributed by atoms with Crippen molar-refractivity contribution in [3.8, 4) is 0 Å². The van der Waals surface area contributed by atoms with Crippen LogP contribution in [-0.4, -0.2) is 55.9 Å². The van der Waals surface area contributed by atoms with Crippen molar-refractivity contribution in [3.05, 3.63) is 53.5 Å². The van der Waals surface area contributed by atoms with Gasteiger partial charge in [0.05, 0.1) is 36.1 Å². The van der Waals surface area contributed by atoms with Crippen LogP contribution in [0.4, 0.5) is 10.6 Å². The number of nitrogens with one attached hydrogen (secondary N) is 1. The van der Waals surface area contributed by atoms with Crippen LogP contribution < -0.4 is 5.32 Å². The van der Waals surface area contributed by atoms with Gasteiger partial charge in [-0.15, -0.1) is 0 Å². The van der Waals surface area contributed by atoms with Crippen LogP contribution in [0.15, 0.2) is 36.5 Å². The minimum atomic E-state index is -1.02. The average Bonchev–Trinajstić information content (AvgIpc) is 2.98. The van der Waals surface area contributed by atoms with Crippen LogP contribution in [-0.2, 0) is 19.3 Å². The Balaban J connectivity index is 1.90. The molecule has 0 bridgehead atoms. The average molecular weight is 370 g/mol. The van der Waals surface area contributed by atoms with Crippen LogP contribution in [0.3, 0.4) is 0 Å². The van der Waals surface area contributed by atoms with Gasteiger partial charge in [0.2, 0.25) is 0 Å². The van der Waals surface area contributed by atoms with Gasteiger partial charge in [0.25, 0.3) is 0 Å². The number of aryl methyl sites for hydroxylation is 2. The van der Waals surface area contributed by atoms with Crippen LogP contribution in [0.1, 0.15) is 30.8 Å². The Bertz CT molecular complexity index is 784. The van der Waals surface area contributed by atoms with Crippen molar-refractivity contribution in [2.45, 2.75) is 51.3 Å². The van der Waals surface area contributed by atoms with Crippen molar-refractivity contribution in [1.29, 1.82) is 0 Å². The van der Waals surface area contributed by atoms with Gasteiger partial charge in [0.15, 0.2) is 0 Å². The van der Waals surface area contributed by atoms with Gasteiger partial charge < -0.3 is 20.4 Å². The van der Waals surface area contributed by atoms with Gasteiger partial charge in [0, 0.05) is 6.20 Å². The molecule has 1 fully saturated rings. The van der Waals surface area contributed by atoms with Crippen LogP contribution in [0.25, 0.3) is 0 Å². The van der Waals surface area contributed by atoms with Crippen molar-refractivity contribution in [3.63, 3.8) is 0 Å². The Morgan fingerprint density at radius 1 is 1.26 bits per heavy atom. The number of benzene rings is 1. The first-order chi connectivity index (χ1) is 13.0. The summed E-state index contributed by atoms with van der Waals surface area (Å²) in [4.78, 5) is 22.1. The van der Waals surface area contributed by atoms with Crippen LogP contribution in [0.2, 0.25) is 0 Å². The van der Waals surface area contributed by atoms with Crippen molar-refractivity contribution < 1.29 is 15.0 Å². The number of nitrogens with zero attached hydrogens (tertiary/aromatic N) is 3. The normalized spacial score (nSPS) is 22.0. The van der Waals surface area contributed by atoms with Crippen molar-refractivity contribution in [2.75, 3.05) is 11.9 Å². The van der Waals surface area contributed by atoms with E-state index in [-0.39, 0.29) is 6.54 Å². The summed E-state index contributed by atoms with van der Waals surface area (Å²) in [7, 11) is 0. The molecule has 1 aliphatic heterocycles. The zero-order valence-corrected chi connectivity index (χ0v) is 15.7. The van der Waals surface area contributed by atoms with Gasteiger partial charge in [-0.2, -0.15) is 0 Å². The second-order valence-corrected chi connectivity index (χ2v) is 6.79. The topological polar surface area (TPSA) is 98.6 Å². The molecule has 0 radical (unpaired) electrons. The summed E-state index contributed by atoms with van der Waals surface area (Å²) in [5.41, 5.74) is 2.70. The van der Waals surface area contributed by atoms with Gasteiger partial charge in [-0.25, -0.2) is 9.78 Å². The van der Waals surface area contributed by atoms with Crippen LogP contribution in [0, 0.1) is 0 Å². The fourth-order valence-electron chi connectivity index (χ4n) is 3.56. The van der Waals surface area contributed by atoms with Gasteiger partial charge in [-0.1, -0.05) is 44.2 Å². The number of hydrogen-bond donors (Lipinski definition) is 3. The Morgan fingerprint density at radius 2 is 2.00 bits per heavy atom. The maximum atomic E-state index is 11.7. The van der Waals surface area contributed by atoms with E-state index in [1.165, 1.54) is 4.90 Å². The highest BCUT2D eigenvalue weighted by molar-refractivity contribution is 5.66. The maximum absolute atomic E-state index is 11.7. The standard InChI is InChI=1S/C20H26N4O3/c1-3-14-11-21-15(4-2)19(22-14)23-18-16(10-13-8-6-5-7-9-13)24(20(26)27)12-17(18)25/h5-9,11,16-18,25H,3-4,10,12H2,1-2H3,(H,22,23)(H,26,27). The number of anilines is 1. The molecule has 2 aromatic rings. The molecule has 0 spiro atoms. The molecular formula is C20H26N4O3. The Morgan fingerprint density at radius 3 is 2.63 bits per heavy atom. The van der Waals surface area contributed by atoms with Crippen LogP contribution >= 0.6 is 0 Å². The minimum absolute atomic E-state index is 0.0762. The smallest absolute Gasteiger partial charge is 0.407 e. The number of aliphatic hydroxyl groups excluding tert-OH is 1. The molecule has 1 aromatic carbocycles. The van der Waals surface area contributed by atoms with Gasteiger partial charge >= 0.3 is 6.09 Å². The molecule has 3 rings (SSSR count). The van der Waals surface area contributed by atoms with E-state index < -0.39 is 24.3 Å². The van der Waals surface area contributed by atoms with Crippen molar-refractivity contribution in [2.24, 2.45) is 0 Å². The number of hydrogen-bond acceptors (Lipinski definition) is 5. The molecule has 7 heteroatoms. The SMILES string of the molecule is CCc1cnc(CC)c(NC2C(O)CN(C(=O)O)C2Cc2ccccc2)n1. The highest BCUT2D eigenvalue weighted by Crippen LogP contribution is 2.26. The molecular weight excluding hydrogens is 344 g/mol. The third-order valence-electron chi connectivity index (χ3n) is 5.05. The molecule has 1 aromatic heterocycles. The lowest BCUT2D eigenvalue weighted by Crippen LogP contribution is -2.44. The predicted octanol–water partition coefficient (Wildman–Crippen LogP) is 2.35. The lowest BCUT2D eigenvalue weighted by atomic mass is 9.99. The maximum Gasteiger partial charge on any atom is 0.407 e. The third kappa shape index (κ3) is 4.19. The summed E-state index contributed by atoms with van der Waals surface area (Å²) in [5, 5.41) is 23.5. The largest absolute Gasteiger partial charge is 0.465 e. The van der Waals surface area contributed by atoms with E-state index in [1.54, 1.807) is 6.20 Å². The summed E-state index contributed by atoms with van der Waals surface area (Å²) < 4.78 is 0. The molecule has 7 nitrogen and oxygen atoms in total. The van der Waals surface area contributed by atoms with E-state index in [2.05, 4.69) is 15.3 Å². The number of aromatic nitrogens is 2. The Kier molecular flexibility index (Phi) is 5.91. The molecule has 3 unspecified atom stereocenters. The summed E-state index contributed by atoms with van der Waals surface area (Å²) in [6, 6.07) is 8.88. The summed E-state index contributed by atoms with van der Waals surface area (Å²) in [5.74, 6) is 0.631. The van der Waals surface area contributed by atoms with Crippen LogP contribution in [0.5, 0.6) is 0 Å². The monoisotopic (exact) mass is 370 g/mol. The number of β-amino-alcohol motifs (C(OH)–C–C–N with tert-alkyl or cyclic N) is 1. The van der Waals surface area contributed by atoms with Gasteiger partial charge in [-0.05, 0) is 24.8 Å². The van der Waals surface area contributed by atoms with E-state index in [0.29, 0.717) is 18.7 Å². The van der Waals surface area contributed by atoms with E-state index in [4.69, 9.17) is 0 Å². The van der Waals surface area contributed by atoms with Gasteiger partial charge in [-0.3, -0.25) is 4.98 Å². The summed E-state index contributed by atoms with van der Waals surface area (Å²) in [6.45, 7) is 4.08. The number of rotatable bonds is 6. The summed E-state index contributed by atoms with van der Waals surface area (Å²) >= 11 is 0. The zero-order valence-electron chi connectivity index (χ0n) is 15.7. The zero-order chi connectivity index (χ0) is 19.4. The number of carboxylic acid groups (broad SMARTS) is 1. The molecule has 3 N–H and O–H groups in total. The lowest BCUT2D eigenvalue weighted by Gasteiger charge is -2.28. The molecule has 144 valence electrons. The summed E-state index contributed by atoms with van der Waals surface area (Å²) in [6.07, 6.45) is 1.90. The van der Waals surface area contributed by atoms with E-state index >= 15 is 0 Å². The number of amides is 1. The first-order valence-electron chi connectivity index (χ1n) is 9.36. The Labute approximate surface area is 159 Å². The first kappa shape index (κ1) is 19.1. The Hall–Kier alpha value is -2.67. The third-order valence-corrected chi connectivity index (χ3v) is 5.05. The highest BCUT2D eigenvalue weighted by atomic mass is 16.4. The van der Waals surface area contributed by atoms with Crippen molar-refractivity contribution >= 4 is 11.9 Å². The van der Waals surface area contributed by atoms with E-state index in [0.717, 1.165) is 23.4 Å². The second kappa shape index (κ2) is 8.35. The second-order valence-electron chi connectivity index (χ2n) is 6.79. The number of aliphatic hydroxyl groups is 1.